The molecule has 0 radical (unpaired) electrons. The third-order valence-corrected chi connectivity index (χ3v) is 2.44. The fourth-order valence-electron chi connectivity index (χ4n) is 1.50. The number of unbranched alkanes of at least 4 members (excludes halogenated alkanes) is 1. The second-order valence-corrected chi connectivity index (χ2v) is 3.82. The molecule has 0 saturated carbocycles. The normalized spacial score (nSPS) is 10.8. The van der Waals surface area contributed by atoms with Crippen LogP contribution in [0.4, 0.5) is 8.78 Å². The van der Waals surface area contributed by atoms with E-state index < -0.39 is 11.6 Å². The Morgan fingerprint density at radius 1 is 1.17 bits per heavy atom. The number of aliphatic hydroxyl groups excluding tert-OH is 1. The van der Waals surface area contributed by atoms with Crippen molar-refractivity contribution in [1.82, 2.24) is 10.1 Å². The molecule has 1 aromatic heterocycles. The first-order valence-corrected chi connectivity index (χ1v) is 5.59. The van der Waals surface area contributed by atoms with Crippen LogP contribution in [0.2, 0.25) is 0 Å². The van der Waals surface area contributed by atoms with Gasteiger partial charge in [0.2, 0.25) is 11.7 Å². The van der Waals surface area contributed by atoms with Crippen molar-refractivity contribution < 1.29 is 18.4 Å². The van der Waals surface area contributed by atoms with Gasteiger partial charge < -0.3 is 9.63 Å². The number of hydrogen-bond acceptors (Lipinski definition) is 4. The van der Waals surface area contributed by atoms with E-state index in [0.717, 1.165) is 18.6 Å². The van der Waals surface area contributed by atoms with Gasteiger partial charge in [-0.1, -0.05) is 5.16 Å². The maximum atomic E-state index is 13.0. The zero-order valence-electron chi connectivity index (χ0n) is 9.57. The zero-order chi connectivity index (χ0) is 13.0. The van der Waals surface area contributed by atoms with Gasteiger partial charge in [-0.2, -0.15) is 4.98 Å². The summed E-state index contributed by atoms with van der Waals surface area (Å²) < 4.78 is 30.8. The SMILES string of the molecule is OCCCCc1nc(-c2ccc(F)c(F)c2)no1. The molecule has 96 valence electrons. The van der Waals surface area contributed by atoms with Gasteiger partial charge in [-0.3, -0.25) is 0 Å². The molecular formula is C12H12F2N2O2. The molecular weight excluding hydrogens is 242 g/mol. The standard InChI is InChI=1S/C12H12F2N2O2/c13-9-5-4-8(7-10(9)14)12-15-11(18-16-12)3-1-2-6-17/h4-5,7,17H,1-3,6H2. The third-order valence-electron chi connectivity index (χ3n) is 2.44. The molecule has 4 nitrogen and oxygen atoms in total. The van der Waals surface area contributed by atoms with Crippen LogP contribution in [-0.4, -0.2) is 21.9 Å². The fourth-order valence-corrected chi connectivity index (χ4v) is 1.50. The van der Waals surface area contributed by atoms with E-state index in [1.165, 1.54) is 6.07 Å². The van der Waals surface area contributed by atoms with Crippen molar-refractivity contribution in [3.8, 4) is 11.4 Å². The number of halogens is 2. The summed E-state index contributed by atoms with van der Waals surface area (Å²) in [5.41, 5.74) is 0.367. The first-order chi connectivity index (χ1) is 8.70. The van der Waals surface area contributed by atoms with Crippen LogP contribution in [-0.2, 0) is 6.42 Å². The molecule has 0 fully saturated rings. The lowest BCUT2D eigenvalue weighted by Gasteiger charge is -1.95. The summed E-state index contributed by atoms with van der Waals surface area (Å²) in [7, 11) is 0. The number of aryl methyl sites for hydroxylation is 1. The Hall–Kier alpha value is -1.82. The Morgan fingerprint density at radius 2 is 2.00 bits per heavy atom. The molecule has 18 heavy (non-hydrogen) atoms. The number of rotatable bonds is 5. The minimum absolute atomic E-state index is 0.115. The van der Waals surface area contributed by atoms with E-state index in [-0.39, 0.29) is 12.4 Å². The van der Waals surface area contributed by atoms with E-state index in [9.17, 15) is 8.78 Å². The molecule has 0 aliphatic heterocycles. The van der Waals surface area contributed by atoms with Gasteiger partial charge in [-0.15, -0.1) is 0 Å². The lowest BCUT2D eigenvalue weighted by Crippen LogP contribution is -1.90. The van der Waals surface area contributed by atoms with Gasteiger partial charge in [-0.25, -0.2) is 8.78 Å². The number of hydrogen-bond donors (Lipinski definition) is 1. The number of benzene rings is 1. The van der Waals surface area contributed by atoms with Crippen LogP contribution >= 0.6 is 0 Å². The third kappa shape index (κ3) is 2.89. The summed E-state index contributed by atoms with van der Waals surface area (Å²) in [6, 6.07) is 3.44. The van der Waals surface area contributed by atoms with Crippen molar-refractivity contribution in [2.45, 2.75) is 19.3 Å². The smallest absolute Gasteiger partial charge is 0.226 e. The van der Waals surface area contributed by atoms with Crippen LogP contribution < -0.4 is 0 Å². The van der Waals surface area contributed by atoms with Gasteiger partial charge in [0.25, 0.3) is 0 Å². The number of aromatic nitrogens is 2. The number of nitrogens with zero attached hydrogens (tertiary/aromatic N) is 2. The summed E-state index contributed by atoms with van der Waals surface area (Å²) in [6.45, 7) is 0.115. The fraction of sp³-hybridized carbons (Fsp3) is 0.333. The molecule has 2 aromatic rings. The second-order valence-electron chi connectivity index (χ2n) is 3.82. The maximum Gasteiger partial charge on any atom is 0.226 e. The molecule has 1 heterocycles. The highest BCUT2D eigenvalue weighted by molar-refractivity contribution is 5.54. The summed E-state index contributed by atoms with van der Waals surface area (Å²) in [5, 5.41) is 12.3. The van der Waals surface area contributed by atoms with Gasteiger partial charge in [-0.05, 0) is 31.0 Å². The largest absolute Gasteiger partial charge is 0.396 e. The van der Waals surface area contributed by atoms with E-state index in [2.05, 4.69) is 10.1 Å². The molecule has 0 atom stereocenters. The van der Waals surface area contributed by atoms with Crippen molar-refractivity contribution in [3.05, 3.63) is 35.7 Å². The molecule has 1 N–H and O–H groups in total. The minimum Gasteiger partial charge on any atom is -0.396 e. The molecule has 6 heteroatoms. The lowest BCUT2D eigenvalue weighted by atomic mass is 10.2. The quantitative estimate of drug-likeness (QED) is 0.832. The highest BCUT2D eigenvalue weighted by Gasteiger charge is 2.10. The molecule has 0 aliphatic rings. The van der Waals surface area contributed by atoms with Gasteiger partial charge in [0, 0.05) is 18.6 Å². The number of aliphatic hydroxyl groups is 1. The van der Waals surface area contributed by atoms with E-state index in [1.54, 1.807) is 0 Å². The van der Waals surface area contributed by atoms with Gasteiger partial charge in [0.15, 0.2) is 11.6 Å². The van der Waals surface area contributed by atoms with Crippen molar-refractivity contribution in [1.29, 1.82) is 0 Å². The van der Waals surface area contributed by atoms with E-state index in [4.69, 9.17) is 9.63 Å². The lowest BCUT2D eigenvalue weighted by molar-refractivity contribution is 0.281. The van der Waals surface area contributed by atoms with Crippen molar-refractivity contribution in [2.24, 2.45) is 0 Å². The molecule has 1 aromatic carbocycles. The Balaban J connectivity index is 2.11. The average Bonchev–Trinajstić information content (AvgIpc) is 2.82. The Kier molecular flexibility index (Phi) is 3.99. The van der Waals surface area contributed by atoms with Crippen LogP contribution in [0.3, 0.4) is 0 Å². The zero-order valence-corrected chi connectivity index (χ0v) is 9.57. The Bertz CT molecular complexity index is 529. The molecule has 0 unspecified atom stereocenters. The maximum absolute atomic E-state index is 13.0. The molecule has 0 aliphatic carbocycles. The second kappa shape index (κ2) is 5.68. The predicted molar refractivity (Wildman–Crippen MR) is 59.7 cm³/mol. The van der Waals surface area contributed by atoms with Crippen molar-refractivity contribution in [2.75, 3.05) is 6.61 Å². The van der Waals surface area contributed by atoms with Gasteiger partial charge in [0.1, 0.15) is 0 Å². The first-order valence-electron chi connectivity index (χ1n) is 5.59. The summed E-state index contributed by atoms with van der Waals surface area (Å²) >= 11 is 0. The van der Waals surface area contributed by atoms with Gasteiger partial charge in [0.05, 0.1) is 0 Å². The molecule has 0 spiro atoms. The van der Waals surface area contributed by atoms with Crippen LogP contribution in [0, 0.1) is 11.6 Å². The molecule has 0 saturated heterocycles. The summed E-state index contributed by atoms with van der Waals surface area (Å²) in [5.74, 6) is -1.21. The highest BCUT2D eigenvalue weighted by atomic mass is 19.2. The topological polar surface area (TPSA) is 59.2 Å². The monoisotopic (exact) mass is 254 g/mol. The van der Waals surface area contributed by atoms with E-state index in [0.29, 0.717) is 24.3 Å². The van der Waals surface area contributed by atoms with Crippen molar-refractivity contribution >= 4 is 0 Å². The summed E-state index contributed by atoms with van der Waals surface area (Å²) in [4.78, 5) is 4.07. The molecule has 2 rings (SSSR count). The van der Waals surface area contributed by atoms with E-state index >= 15 is 0 Å². The van der Waals surface area contributed by atoms with Crippen LogP contribution in [0.25, 0.3) is 11.4 Å². The van der Waals surface area contributed by atoms with Crippen molar-refractivity contribution in [3.63, 3.8) is 0 Å². The summed E-state index contributed by atoms with van der Waals surface area (Å²) in [6.07, 6.45) is 1.94. The van der Waals surface area contributed by atoms with Crippen LogP contribution in [0.5, 0.6) is 0 Å². The molecule has 0 amide bonds. The Labute approximate surface area is 102 Å². The Morgan fingerprint density at radius 3 is 2.72 bits per heavy atom. The van der Waals surface area contributed by atoms with Crippen LogP contribution in [0.1, 0.15) is 18.7 Å². The average molecular weight is 254 g/mol. The van der Waals surface area contributed by atoms with Crippen LogP contribution in [0.15, 0.2) is 22.7 Å². The molecule has 0 bridgehead atoms. The first kappa shape index (κ1) is 12.6. The van der Waals surface area contributed by atoms with Gasteiger partial charge >= 0.3 is 0 Å². The van der Waals surface area contributed by atoms with E-state index in [1.807, 2.05) is 0 Å². The predicted octanol–water partition coefficient (Wildman–Crippen LogP) is 2.33. The highest BCUT2D eigenvalue weighted by Crippen LogP contribution is 2.19. The minimum atomic E-state index is -0.945.